The van der Waals surface area contributed by atoms with Crippen molar-refractivity contribution in [2.75, 3.05) is 14.2 Å². The molecule has 172 valence electrons. The molecule has 9 nitrogen and oxygen atoms in total. The molecular weight excluding hydrogens is 437 g/mol. The molecule has 0 amide bonds. The van der Waals surface area contributed by atoms with Crippen molar-refractivity contribution < 1.29 is 14.0 Å². The van der Waals surface area contributed by atoms with Crippen LogP contribution in [0.1, 0.15) is 19.5 Å². The molecule has 0 aliphatic heterocycles. The molecule has 0 saturated heterocycles. The lowest BCUT2D eigenvalue weighted by Crippen LogP contribution is -1.97. The van der Waals surface area contributed by atoms with Gasteiger partial charge in [0.05, 0.1) is 19.6 Å². The number of hydrogen-bond acceptors (Lipinski definition) is 7. The second-order valence-electron chi connectivity index (χ2n) is 7.66. The number of imidazole rings is 2. The van der Waals surface area contributed by atoms with Gasteiger partial charge in [-0.05, 0) is 31.5 Å². The molecule has 5 aromatic rings. The Morgan fingerprint density at radius 2 is 1.97 bits per heavy atom. The Labute approximate surface area is 194 Å². The highest BCUT2D eigenvalue weighted by atomic mass is 19.1. The Morgan fingerprint density at radius 3 is 2.74 bits per heavy atom. The number of ether oxygens (including phenoxy) is 1. The van der Waals surface area contributed by atoms with E-state index in [2.05, 4.69) is 25.3 Å². The third-order valence-electron chi connectivity index (χ3n) is 5.69. The van der Waals surface area contributed by atoms with Crippen molar-refractivity contribution in [1.82, 2.24) is 29.1 Å². The minimum absolute atomic E-state index is 0.379. The number of nitrogens with zero attached hydrogens (tertiary/aromatic N) is 7. The number of aryl methyl sites for hydroxylation is 1. The number of rotatable bonds is 6. The molecule has 34 heavy (non-hydrogen) atoms. The number of oxime groups is 1. The topological polar surface area (TPSA) is 91.7 Å². The number of benzene rings is 1. The van der Waals surface area contributed by atoms with Crippen LogP contribution in [0.5, 0.6) is 5.75 Å². The van der Waals surface area contributed by atoms with Gasteiger partial charge >= 0.3 is 0 Å². The highest BCUT2D eigenvalue weighted by Crippen LogP contribution is 2.36. The van der Waals surface area contributed by atoms with E-state index in [-0.39, 0.29) is 5.82 Å². The largest absolute Gasteiger partial charge is 0.496 e. The lowest BCUT2D eigenvalue weighted by Gasteiger charge is -2.12. The monoisotopic (exact) mass is 459 g/mol. The zero-order valence-electron chi connectivity index (χ0n) is 19.2. The van der Waals surface area contributed by atoms with E-state index in [4.69, 9.17) is 9.57 Å². The molecule has 0 unspecified atom stereocenters. The first-order chi connectivity index (χ1) is 16.5. The van der Waals surface area contributed by atoms with Crippen LogP contribution in [0.25, 0.3) is 39.1 Å². The van der Waals surface area contributed by atoms with Gasteiger partial charge in [-0.2, -0.15) is 5.10 Å². The summed E-state index contributed by atoms with van der Waals surface area (Å²) in [6.45, 7) is 4.54. The van der Waals surface area contributed by atoms with Crippen LogP contribution < -0.4 is 4.74 Å². The first-order valence-corrected chi connectivity index (χ1v) is 10.7. The summed E-state index contributed by atoms with van der Waals surface area (Å²) in [6.07, 6.45) is 6.98. The van der Waals surface area contributed by atoms with Crippen LogP contribution >= 0.6 is 0 Å². The van der Waals surface area contributed by atoms with Crippen molar-refractivity contribution >= 4 is 22.5 Å². The first kappa shape index (κ1) is 21.5. The number of aromatic nitrogens is 6. The second-order valence-corrected chi connectivity index (χ2v) is 7.66. The normalized spacial score (nSPS) is 12.0. The summed E-state index contributed by atoms with van der Waals surface area (Å²) in [5.41, 5.74) is 5.82. The molecule has 5 rings (SSSR count). The summed E-state index contributed by atoms with van der Waals surface area (Å²) >= 11 is 0. The molecule has 0 fully saturated rings. The van der Waals surface area contributed by atoms with E-state index in [1.807, 2.05) is 22.1 Å². The second kappa shape index (κ2) is 8.54. The molecule has 1 aromatic carbocycles. The Bertz CT molecular complexity index is 1550. The summed E-state index contributed by atoms with van der Waals surface area (Å²) in [4.78, 5) is 13.9. The van der Waals surface area contributed by atoms with Gasteiger partial charge in [0.2, 0.25) is 0 Å². The molecule has 4 aromatic heterocycles. The van der Waals surface area contributed by atoms with Crippen molar-refractivity contribution in [3.63, 3.8) is 0 Å². The Morgan fingerprint density at radius 1 is 1.12 bits per heavy atom. The maximum atomic E-state index is 15.1. The molecule has 0 N–H and O–H groups in total. The van der Waals surface area contributed by atoms with Crippen LogP contribution in [0.2, 0.25) is 0 Å². The van der Waals surface area contributed by atoms with Crippen LogP contribution in [-0.4, -0.2) is 49.1 Å². The van der Waals surface area contributed by atoms with E-state index < -0.39 is 0 Å². The summed E-state index contributed by atoms with van der Waals surface area (Å²) in [6, 6.07) is 6.69. The van der Waals surface area contributed by atoms with Crippen LogP contribution in [0.4, 0.5) is 4.39 Å². The highest BCUT2D eigenvalue weighted by Gasteiger charge is 2.18. The maximum absolute atomic E-state index is 15.1. The van der Waals surface area contributed by atoms with Crippen molar-refractivity contribution in [2.45, 2.75) is 20.4 Å². The van der Waals surface area contributed by atoms with E-state index >= 15 is 4.39 Å². The molecule has 0 radical (unpaired) electrons. The lowest BCUT2D eigenvalue weighted by molar-refractivity contribution is 0.213. The van der Waals surface area contributed by atoms with Crippen molar-refractivity contribution in [1.29, 1.82) is 0 Å². The summed E-state index contributed by atoms with van der Waals surface area (Å²) in [5, 5.41) is 12.3. The average Bonchev–Trinajstić information content (AvgIpc) is 3.47. The predicted octanol–water partition coefficient (Wildman–Crippen LogP) is 4.35. The zero-order chi connectivity index (χ0) is 23.8. The minimum atomic E-state index is -0.379. The van der Waals surface area contributed by atoms with Gasteiger partial charge in [0, 0.05) is 41.7 Å². The summed E-state index contributed by atoms with van der Waals surface area (Å²) in [7, 11) is 3.03. The van der Waals surface area contributed by atoms with E-state index in [0.717, 1.165) is 17.7 Å². The molecule has 4 heterocycles. The number of methoxy groups -OCH3 is 1. The fraction of sp³-hybridized carbons (Fsp3) is 0.208. The van der Waals surface area contributed by atoms with Crippen LogP contribution in [0.15, 0.2) is 54.3 Å². The minimum Gasteiger partial charge on any atom is -0.496 e. The quantitative estimate of drug-likeness (QED) is 0.277. The zero-order valence-corrected chi connectivity index (χ0v) is 19.2. The van der Waals surface area contributed by atoms with Gasteiger partial charge < -0.3 is 18.5 Å². The Balaban J connectivity index is 1.67. The third-order valence-corrected chi connectivity index (χ3v) is 5.69. The van der Waals surface area contributed by atoms with Crippen LogP contribution in [0, 0.1) is 5.82 Å². The van der Waals surface area contributed by atoms with Crippen LogP contribution in [-0.2, 0) is 11.4 Å². The lowest BCUT2D eigenvalue weighted by atomic mass is 9.99. The first-order valence-electron chi connectivity index (χ1n) is 10.7. The fourth-order valence-corrected chi connectivity index (χ4v) is 3.96. The van der Waals surface area contributed by atoms with Gasteiger partial charge in [0.1, 0.15) is 41.2 Å². The summed E-state index contributed by atoms with van der Waals surface area (Å²) in [5.74, 6) is 0.117. The molecule has 0 saturated carbocycles. The van der Waals surface area contributed by atoms with Gasteiger partial charge in [-0.25, -0.2) is 14.4 Å². The predicted molar refractivity (Wildman–Crippen MR) is 126 cm³/mol. The molecule has 10 heteroatoms. The van der Waals surface area contributed by atoms with Crippen molar-refractivity contribution in [3.8, 4) is 28.0 Å². The molecule has 0 spiro atoms. The van der Waals surface area contributed by atoms with E-state index in [9.17, 15) is 0 Å². The standard InChI is InChI=1S/C24H22FN7O2/c1-5-31-13-26-23-17(10-27-29-24(23)31)15-6-7-19(25)16(8-15)18-11-32-12-20(14(2)30-34-4)28-22(32)9-21(18)33-3/h6-13H,5H2,1-4H3/b30-14-. The van der Waals surface area contributed by atoms with E-state index in [1.165, 1.54) is 13.2 Å². The molecule has 0 aliphatic carbocycles. The molecule has 0 atom stereocenters. The fourth-order valence-electron chi connectivity index (χ4n) is 3.96. The van der Waals surface area contributed by atoms with Gasteiger partial charge in [-0.15, -0.1) is 5.10 Å². The highest BCUT2D eigenvalue weighted by molar-refractivity contribution is 5.97. The number of fused-ring (bicyclic) bond motifs is 2. The number of pyridine rings is 1. The van der Waals surface area contributed by atoms with Crippen LogP contribution in [0.3, 0.4) is 0 Å². The molecule has 0 bridgehead atoms. The maximum Gasteiger partial charge on any atom is 0.183 e. The Hall–Kier alpha value is -4.34. The molecular formula is C24H22FN7O2. The number of hydrogen-bond donors (Lipinski definition) is 0. The smallest absolute Gasteiger partial charge is 0.183 e. The third kappa shape index (κ3) is 3.53. The van der Waals surface area contributed by atoms with Crippen molar-refractivity contribution in [3.05, 3.63) is 60.7 Å². The van der Waals surface area contributed by atoms with Gasteiger partial charge in [-0.3, -0.25) is 0 Å². The average molecular weight is 459 g/mol. The Kier molecular flexibility index (Phi) is 5.40. The SMILES string of the molecule is CCn1cnc2c(-c3ccc(F)c(-c4cn5cc(/C(C)=N\OC)nc5cc4OC)c3)cnnc21. The van der Waals surface area contributed by atoms with Gasteiger partial charge in [-0.1, -0.05) is 11.2 Å². The van der Waals surface area contributed by atoms with E-state index in [1.54, 1.807) is 51.0 Å². The van der Waals surface area contributed by atoms with Crippen molar-refractivity contribution in [2.24, 2.45) is 5.16 Å². The molecule has 0 aliphatic rings. The van der Waals surface area contributed by atoms with E-state index in [0.29, 0.717) is 45.1 Å². The number of halogens is 1. The summed E-state index contributed by atoms with van der Waals surface area (Å²) < 4.78 is 24.5. The van der Waals surface area contributed by atoms with Gasteiger partial charge in [0.15, 0.2) is 5.65 Å². The van der Waals surface area contributed by atoms with Gasteiger partial charge in [0.25, 0.3) is 0 Å².